The maximum Gasteiger partial charge on any atom is 0.314 e. The maximum absolute atomic E-state index is 13.3. The number of ether oxygens (including phenoxy) is 5. The molecule has 7 nitrogen and oxygen atoms in total. The Kier molecular flexibility index (Phi) is 6.99. The molecule has 0 amide bonds. The van der Waals surface area contributed by atoms with Gasteiger partial charge in [-0.15, -0.1) is 11.3 Å². The summed E-state index contributed by atoms with van der Waals surface area (Å²) in [6.07, 6.45) is 1.72. The lowest BCUT2D eigenvalue weighted by atomic mass is 9.81. The number of hydrogen-bond donors (Lipinski definition) is 0. The SMILES string of the molecule is CCOC=C1C(=O)c2c(csc2Oc2ccc(OC)c(OC)c2)CC1C(=O)OCC. The summed E-state index contributed by atoms with van der Waals surface area (Å²) in [5.74, 6) is 0.183. The Morgan fingerprint density at radius 2 is 1.93 bits per heavy atom. The molecule has 3 rings (SSSR count). The lowest BCUT2D eigenvalue weighted by molar-refractivity contribution is -0.146. The quantitative estimate of drug-likeness (QED) is 0.347. The van der Waals surface area contributed by atoms with Crippen LogP contribution in [0.15, 0.2) is 35.4 Å². The summed E-state index contributed by atoms with van der Waals surface area (Å²) in [7, 11) is 3.09. The molecule has 0 spiro atoms. The molecule has 0 saturated carbocycles. The van der Waals surface area contributed by atoms with Gasteiger partial charge in [-0.1, -0.05) is 0 Å². The third kappa shape index (κ3) is 4.28. The molecule has 1 unspecified atom stereocenters. The molecular weight excluding hydrogens is 408 g/mol. The Hall–Kier alpha value is -3.00. The number of esters is 1. The van der Waals surface area contributed by atoms with Gasteiger partial charge in [0.15, 0.2) is 22.3 Å². The van der Waals surface area contributed by atoms with Crippen LogP contribution < -0.4 is 14.2 Å². The van der Waals surface area contributed by atoms with Gasteiger partial charge in [0.1, 0.15) is 5.75 Å². The van der Waals surface area contributed by atoms with Crippen molar-refractivity contribution in [3.05, 3.63) is 46.5 Å². The molecule has 30 heavy (non-hydrogen) atoms. The number of hydrogen-bond acceptors (Lipinski definition) is 8. The molecule has 160 valence electrons. The van der Waals surface area contributed by atoms with Crippen LogP contribution in [0.25, 0.3) is 0 Å². The van der Waals surface area contributed by atoms with E-state index >= 15 is 0 Å². The number of benzene rings is 1. The Labute approximate surface area is 179 Å². The summed E-state index contributed by atoms with van der Waals surface area (Å²) < 4.78 is 27.1. The number of fused-ring (bicyclic) bond motifs is 1. The van der Waals surface area contributed by atoms with Crippen LogP contribution >= 0.6 is 11.3 Å². The van der Waals surface area contributed by atoms with E-state index in [-0.39, 0.29) is 18.0 Å². The first-order valence-corrected chi connectivity index (χ1v) is 10.4. The van der Waals surface area contributed by atoms with Gasteiger partial charge in [-0.3, -0.25) is 9.59 Å². The number of carbonyl (C=O) groups excluding carboxylic acids is 2. The van der Waals surface area contributed by atoms with E-state index in [1.807, 2.05) is 12.3 Å². The van der Waals surface area contributed by atoms with Gasteiger partial charge in [0.05, 0.1) is 45.2 Å². The van der Waals surface area contributed by atoms with E-state index < -0.39 is 11.9 Å². The van der Waals surface area contributed by atoms with E-state index in [2.05, 4.69) is 0 Å². The minimum absolute atomic E-state index is 0.246. The van der Waals surface area contributed by atoms with Crippen molar-refractivity contribution in [2.75, 3.05) is 27.4 Å². The predicted octanol–water partition coefficient (Wildman–Crippen LogP) is 4.40. The molecule has 1 atom stereocenters. The standard InChI is InChI=1S/C22H24O7S/c1-5-27-11-16-15(21(24)28-6-2)9-13-12-30-22(19(13)20(16)23)29-14-7-8-17(25-3)18(10-14)26-4/h7-8,10-12,15H,5-6,9H2,1-4H3. The van der Waals surface area contributed by atoms with Crippen LogP contribution in [0.2, 0.25) is 0 Å². The third-order valence-corrected chi connectivity index (χ3v) is 5.54. The second kappa shape index (κ2) is 9.67. The minimum Gasteiger partial charge on any atom is -0.501 e. The monoisotopic (exact) mass is 432 g/mol. The number of rotatable bonds is 8. The van der Waals surface area contributed by atoms with E-state index in [4.69, 9.17) is 23.7 Å². The lowest BCUT2D eigenvalue weighted by Gasteiger charge is -2.23. The average Bonchev–Trinajstić information content (AvgIpc) is 3.15. The Morgan fingerprint density at radius 1 is 1.17 bits per heavy atom. The Balaban J connectivity index is 1.95. The first kappa shape index (κ1) is 21.7. The summed E-state index contributed by atoms with van der Waals surface area (Å²) >= 11 is 1.31. The molecule has 1 aliphatic rings. The molecule has 2 aromatic rings. The topological polar surface area (TPSA) is 80.3 Å². The zero-order valence-electron chi connectivity index (χ0n) is 17.4. The van der Waals surface area contributed by atoms with Crippen LogP contribution in [0.4, 0.5) is 0 Å². The van der Waals surface area contributed by atoms with Crippen LogP contribution in [0.3, 0.4) is 0 Å². The van der Waals surface area contributed by atoms with Gasteiger partial charge in [0.25, 0.3) is 0 Å². The molecule has 1 aromatic carbocycles. The second-order valence-corrected chi connectivity index (χ2v) is 7.25. The molecule has 1 aromatic heterocycles. The fraction of sp³-hybridized carbons (Fsp3) is 0.364. The summed E-state index contributed by atoms with van der Waals surface area (Å²) in [6, 6.07) is 5.16. The summed E-state index contributed by atoms with van der Waals surface area (Å²) in [4.78, 5) is 25.7. The van der Waals surface area contributed by atoms with Gasteiger partial charge in [-0.05, 0) is 43.3 Å². The zero-order chi connectivity index (χ0) is 21.7. The van der Waals surface area contributed by atoms with Crippen LogP contribution in [-0.4, -0.2) is 39.2 Å². The van der Waals surface area contributed by atoms with Gasteiger partial charge in [-0.2, -0.15) is 0 Å². The van der Waals surface area contributed by atoms with Gasteiger partial charge in [-0.25, -0.2) is 0 Å². The summed E-state index contributed by atoms with van der Waals surface area (Å²) in [5, 5.41) is 2.29. The van der Waals surface area contributed by atoms with Gasteiger partial charge in [0, 0.05) is 11.6 Å². The number of thiophene rings is 1. The minimum atomic E-state index is -0.694. The maximum atomic E-state index is 13.3. The molecule has 0 N–H and O–H groups in total. The number of Topliss-reactive ketones (excluding diaryl/α,β-unsaturated/α-hetero) is 1. The summed E-state index contributed by atoms with van der Waals surface area (Å²) in [5.41, 5.74) is 1.48. The van der Waals surface area contributed by atoms with Crippen molar-refractivity contribution in [2.24, 2.45) is 5.92 Å². The fourth-order valence-electron chi connectivity index (χ4n) is 3.22. The molecule has 8 heteroatoms. The zero-order valence-corrected chi connectivity index (χ0v) is 18.2. The average molecular weight is 432 g/mol. The van der Waals surface area contributed by atoms with Crippen molar-refractivity contribution in [1.82, 2.24) is 0 Å². The van der Waals surface area contributed by atoms with E-state index in [9.17, 15) is 9.59 Å². The van der Waals surface area contributed by atoms with E-state index in [1.54, 1.807) is 39.3 Å². The predicted molar refractivity (Wildman–Crippen MR) is 112 cm³/mol. The molecule has 0 fully saturated rings. The van der Waals surface area contributed by atoms with Gasteiger partial charge >= 0.3 is 5.97 Å². The third-order valence-electron chi connectivity index (χ3n) is 4.64. The van der Waals surface area contributed by atoms with Crippen molar-refractivity contribution >= 4 is 23.1 Å². The highest BCUT2D eigenvalue weighted by atomic mass is 32.1. The first-order chi connectivity index (χ1) is 14.5. The first-order valence-electron chi connectivity index (χ1n) is 9.57. The highest BCUT2D eigenvalue weighted by Crippen LogP contribution is 2.43. The molecule has 0 radical (unpaired) electrons. The van der Waals surface area contributed by atoms with Gasteiger partial charge < -0.3 is 23.7 Å². The molecule has 0 saturated heterocycles. The van der Waals surface area contributed by atoms with Crippen molar-refractivity contribution < 1.29 is 33.3 Å². The van der Waals surface area contributed by atoms with Crippen molar-refractivity contribution in [3.63, 3.8) is 0 Å². The second-order valence-electron chi connectivity index (χ2n) is 6.41. The van der Waals surface area contributed by atoms with Crippen LogP contribution in [0.5, 0.6) is 22.3 Å². The molecule has 1 aliphatic carbocycles. The smallest absolute Gasteiger partial charge is 0.314 e. The number of methoxy groups -OCH3 is 2. The van der Waals surface area contributed by atoms with Crippen molar-refractivity contribution in [1.29, 1.82) is 0 Å². The van der Waals surface area contributed by atoms with Crippen molar-refractivity contribution in [2.45, 2.75) is 20.3 Å². The largest absolute Gasteiger partial charge is 0.501 e. The lowest BCUT2D eigenvalue weighted by Crippen LogP contribution is -2.30. The number of carbonyl (C=O) groups is 2. The van der Waals surface area contributed by atoms with Crippen LogP contribution in [0, 0.1) is 5.92 Å². The highest BCUT2D eigenvalue weighted by Gasteiger charge is 2.39. The molecule has 1 heterocycles. The van der Waals surface area contributed by atoms with Gasteiger partial charge in [0.2, 0.25) is 0 Å². The normalized spacial score (nSPS) is 16.7. The molecule has 0 aliphatic heterocycles. The fourth-order valence-corrected chi connectivity index (χ4v) is 4.17. The van der Waals surface area contributed by atoms with E-state index in [1.165, 1.54) is 17.6 Å². The summed E-state index contributed by atoms with van der Waals surface area (Å²) in [6.45, 7) is 4.18. The van der Waals surface area contributed by atoms with E-state index in [0.29, 0.717) is 40.9 Å². The molecular formula is C22H24O7S. The van der Waals surface area contributed by atoms with Crippen LogP contribution in [0.1, 0.15) is 29.8 Å². The molecule has 0 bridgehead atoms. The highest BCUT2D eigenvalue weighted by molar-refractivity contribution is 7.12. The number of ketones is 1. The van der Waals surface area contributed by atoms with Crippen LogP contribution in [-0.2, 0) is 20.7 Å². The Bertz CT molecular complexity index is 960. The Morgan fingerprint density at radius 3 is 2.60 bits per heavy atom. The van der Waals surface area contributed by atoms with Crippen molar-refractivity contribution in [3.8, 4) is 22.3 Å². The van der Waals surface area contributed by atoms with E-state index in [0.717, 1.165) is 5.56 Å².